The molecule has 0 bridgehead atoms. The summed E-state index contributed by atoms with van der Waals surface area (Å²) in [5.41, 5.74) is 5.85. The van der Waals surface area contributed by atoms with Crippen molar-refractivity contribution in [2.75, 3.05) is 17.2 Å². The summed E-state index contributed by atoms with van der Waals surface area (Å²) in [5.74, 6) is 2.28. The molecule has 1 saturated carbocycles. The summed E-state index contributed by atoms with van der Waals surface area (Å²) in [7, 11) is 0. The molecule has 4 heteroatoms. The Labute approximate surface area is 191 Å². The molecule has 0 saturated heterocycles. The summed E-state index contributed by atoms with van der Waals surface area (Å²) in [4.78, 5) is 4.91. The highest BCUT2D eigenvalue weighted by Gasteiger charge is 2.25. The van der Waals surface area contributed by atoms with Crippen molar-refractivity contribution in [2.24, 2.45) is 5.92 Å². The second-order valence-electron chi connectivity index (χ2n) is 8.65. The van der Waals surface area contributed by atoms with E-state index in [1.807, 2.05) is 6.07 Å². The number of anilines is 3. The van der Waals surface area contributed by atoms with Gasteiger partial charge in [0.1, 0.15) is 11.6 Å². The predicted octanol–water partition coefficient (Wildman–Crippen LogP) is 7.07. The lowest BCUT2D eigenvalue weighted by Crippen LogP contribution is -2.16. The highest BCUT2D eigenvalue weighted by molar-refractivity contribution is 5.94. The summed E-state index contributed by atoms with van der Waals surface area (Å²) in [6, 6.07) is 16.9. The summed E-state index contributed by atoms with van der Waals surface area (Å²) < 4.78 is 0. The van der Waals surface area contributed by atoms with Crippen molar-refractivity contribution in [3.05, 3.63) is 83.7 Å². The Bertz CT molecular complexity index is 1140. The van der Waals surface area contributed by atoms with Crippen LogP contribution in [0.2, 0.25) is 0 Å². The van der Waals surface area contributed by atoms with Gasteiger partial charge in [0.25, 0.3) is 0 Å². The Balaban J connectivity index is 1.60. The Kier molecular flexibility index (Phi) is 6.79. The molecule has 0 amide bonds. The van der Waals surface area contributed by atoms with E-state index in [1.54, 1.807) is 0 Å². The average Bonchev–Trinajstić information content (AvgIpc) is 3.62. The average molecular weight is 427 g/mol. The molecule has 3 aromatic rings. The Morgan fingerprint density at radius 3 is 2.66 bits per heavy atom. The van der Waals surface area contributed by atoms with E-state index in [0.717, 1.165) is 53.2 Å². The van der Waals surface area contributed by atoms with Gasteiger partial charge in [0.15, 0.2) is 0 Å². The summed E-state index contributed by atoms with van der Waals surface area (Å²) >= 11 is 0. The molecule has 3 N–H and O–H groups in total. The second-order valence-corrected chi connectivity index (χ2v) is 8.65. The molecule has 0 aliphatic heterocycles. The first-order valence-electron chi connectivity index (χ1n) is 11.7. The summed E-state index contributed by atoms with van der Waals surface area (Å²) in [5, 5.41) is 12.7. The van der Waals surface area contributed by atoms with Gasteiger partial charge < -0.3 is 16.0 Å². The fourth-order valence-corrected chi connectivity index (χ4v) is 4.03. The number of nitrogens with zero attached hydrogens (tertiary/aromatic N) is 1. The standard InChI is InChI=1S/C28H34N4/c1-5-15-29-26(22-11-12-22)17-20(4)30-28-25-10-8-7-9-23(25)18-27(32-28)31-24-14-13-21(6-2)19(3)16-24/h7-10,13-14,16-18,22,29H,4-6,11-12,15H2,1-3H3,(H2,30,31,32)/b26-17-. The summed E-state index contributed by atoms with van der Waals surface area (Å²) in [6.07, 6.45) is 6.82. The number of aromatic nitrogens is 1. The van der Waals surface area contributed by atoms with Gasteiger partial charge in [0.2, 0.25) is 0 Å². The van der Waals surface area contributed by atoms with E-state index >= 15 is 0 Å². The SMILES string of the molecule is C=C(/C=C(\NCCC)C1CC1)Nc1nc(Nc2ccc(CC)c(C)c2)cc2ccccc12. The first-order chi connectivity index (χ1) is 15.6. The molecule has 166 valence electrons. The monoisotopic (exact) mass is 426 g/mol. The van der Waals surface area contributed by atoms with Crippen molar-refractivity contribution >= 4 is 28.1 Å². The van der Waals surface area contributed by atoms with Gasteiger partial charge in [-0.05, 0) is 79.3 Å². The molecule has 32 heavy (non-hydrogen) atoms. The van der Waals surface area contributed by atoms with Gasteiger partial charge in [-0.3, -0.25) is 0 Å². The zero-order chi connectivity index (χ0) is 22.5. The van der Waals surface area contributed by atoms with Crippen LogP contribution in [0.4, 0.5) is 17.3 Å². The van der Waals surface area contributed by atoms with Crippen LogP contribution in [-0.4, -0.2) is 11.5 Å². The van der Waals surface area contributed by atoms with E-state index in [0.29, 0.717) is 5.92 Å². The Morgan fingerprint density at radius 2 is 1.94 bits per heavy atom. The largest absolute Gasteiger partial charge is 0.388 e. The molecular formula is C28H34N4. The van der Waals surface area contributed by atoms with Gasteiger partial charge in [-0.15, -0.1) is 0 Å². The number of hydrogen-bond donors (Lipinski definition) is 3. The number of benzene rings is 2. The van der Waals surface area contributed by atoms with E-state index in [4.69, 9.17) is 4.98 Å². The molecule has 1 aromatic heterocycles. The highest BCUT2D eigenvalue weighted by atomic mass is 15.1. The maximum Gasteiger partial charge on any atom is 0.140 e. The van der Waals surface area contributed by atoms with Crippen LogP contribution >= 0.6 is 0 Å². The van der Waals surface area contributed by atoms with Crippen LogP contribution in [0.15, 0.2) is 72.6 Å². The number of allylic oxidation sites excluding steroid dienone is 2. The van der Waals surface area contributed by atoms with Crippen LogP contribution in [0.25, 0.3) is 10.8 Å². The van der Waals surface area contributed by atoms with E-state index in [9.17, 15) is 0 Å². The van der Waals surface area contributed by atoms with Crippen molar-refractivity contribution < 1.29 is 0 Å². The molecule has 1 aliphatic rings. The van der Waals surface area contributed by atoms with Gasteiger partial charge in [-0.1, -0.05) is 50.8 Å². The predicted molar refractivity (Wildman–Crippen MR) is 137 cm³/mol. The van der Waals surface area contributed by atoms with Gasteiger partial charge >= 0.3 is 0 Å². The van der Waals surface area contributed by atoms with Crippen molar-refractivity contribution in [3.63, 3.8) is 0 Å². The minimum Gasteiger partial charge on any atom is -0.388 e. The van der Waals surface area contributed by atoms with Crippen LogP contribution in [0.1, 0.15) is 44.2 Å². The molecule has 0 atom stereocenters. The molecule has 1 aliphatic carbocycles. The summed E-state index contributed by atoms with van der Waals surface area (Å²) in [6.45, 7) is 11.8. The van der Waals surface area contributed by atoms with Crippen molar-refractivity contribution in [1.82, 2.24) is 10.3 Å². The molecule has 4 nitrogen and oxygen atoms in total. The lowest BCUT2D eigenvalue weighted by atomic mass is 10.1. The Morgan fingerprint density at radius 1 is 1.12 bits per heavy atom. The Hall–Kier alpha value is -3.27. The molecule has 1 fully saturated rings. The van der Waals surface area contributed by atoms with Crippen LogP contribution in [-0.2, 0) is 6.42 Å². The number of pyridine rings is 1. The third-order valence-electron chi connectivity index (χ3n) is 5.94. The minimum atomic E-state index is 0.645. The molecule has 1 heterocycles. The fraction of sp³-hybridized carbons (Fsp3) is 0.321. The van der Waals surface area contributed by atoms with Gasteiger partial charge in [0, 0.05) is 29.0 Å². The molecule has 0 radical (unpaired) electrons. The normalized spacial score (nSPS) is 13.8. The third-order valence-corrected chi connectivity index (χ3v) is 5.94. The van der Waals surface area contributed by atoms with E-state index < -0.39 is 0 Å². The molecule has 2 aromatic carbocycles. The quantitative estimate of drug-likeness (QED) is 0.304. The van der Waals surface area contributed by atoms with Crippen LogP contribution in [0.3, 0.4) is 0 Å². The fourth-order valence-electron chi connectivity index (χ4n) is 4.03. The van der Waals surface area contributed by atoms with Crippen molar-refractivity contribution in [1.29, 1.82) is 0 Å². The molecule has 0 spiro atoms. The first-order valence-corrected chi connectivity index (χ1v) is 11.7. The number of nitrogens with one attached hydrogen (secondary N) is 3. The van der Waals surface area contributed by atoms with Crippen molar-refractivity contribution in [2.45, 2.75) is 46.5 Å². The maximum absolute atomic E-state index is 4.91. The zero-order valence-electron chi connectivity index (χ0n) is 19.5. The first kappa shape index (κ1) is 21.9. The molecular weight excluding hydrogens is 392 g/mol. The number of fused-ring (bicyclic) bond motifs is 1. The third kappa shape index (κ3) is 5.31. The second kappa shape index (κ2) is 9.90. The van der Waals surface area contributed by atoms with Gasteiger partial charge in [-0.2, -0.15) is 0 Å². The van der Waals surface area contributed by atoms with Gasteiger partial charge in [0.05, 0.1) is 0 Å². The zero-order valence-corrected chi connectivity index (χ0v) is 19.5. The van der Waals surface area contributed by atoms with Crippen molar-refractivity contribution in [3.8, 4) is 0 Å². The molecule has 4 rings (SSSR count). The van der Waals surface area contributed by atoms with E-state index in [2.05, 4.69) is 91.8 Å². The smallest absolute Gasteiger partial charge is 0.140 e. The van der Waals surface area contributed by atoms with Crippen LogP contribution in [0, 0.1) is 12.8 Å². The molecule has 0 unspecified atom stereocenters. The highest BCUT2D eigenvalue weighted by Crippen LogP contribution is 2.36. The minimum absolute atomic E-state index is 0.645. The van der Waals surface area contributed by atoms with Crippen LogP contribution in [0.5, 0.6) is 0 Å². The number of aryl methyl sites for hydroxylation is 2. The lowest BCUT2D eigenvalue weighted by molar-refractivity contribution is 0.719. The number of rotatable bonds is 10. The maximum atomic E-state index is 4.91. The van der Waals surface area contributed by atoms with Gasteiger partial charge in [-0.25, -0.2) is 4.98 Å². The van der Waals surface area contributed by atoms with E-state index in [1.165, 1.54) is 29.7 Å². The number of hydrogen-bond acceptors (Lipinski definition) is 4. The lowest BCUT2D eigenvalue weighted by Gasteiger charge is -2.15. The topological polar surface area (TPSA) is 49.0 Å². The van der Waals surface area contributed by atoms with E-state index in [-0.39, 0.29) is 0 Å². The van der Waals surface area contributed by atoms with Crippen LogP contribution < -0.4 is 16.0 Å².